The minimum atomic E-state index is 0.314. The third kappa shape index (κ3) is 1.79. The molecule has 0 bridgehead atoms. The number of rotatable bonds is 2. The summed E-state index contributed by atoms with van der Waals surface area (Å²) in [6.07, 6.45) is 2.96. The summed E-state index contributed by atoms with van der Waals surface area (Å²) in [7, 11) is 0. The Morgan fingerprint density at radius 2 is 2.40 bits per heavy atom. The van der Waals surface area contributed by atoms with Gasteiger partial charge < -0.3 is 16.3 Å². The van der Waals surface area contributed by atoms with Crippen molar-refractivity contribution in [3.8, 4) is 0 Å². The largest absolute Gasteiger partial charge is 0.382 e. The number of hydrogen-bond acceptors (Lipinski definition) is 4. The van der Waals surface area contributed by atoms with Crippen LogP contribution in [0.4, 0.5) is 5.82 Å². The van der Waals surface area contributed by atoms with Gasteiger partial charge in [0.1, 0.15) is 11.6 Å². The Kier molecular flexibility index (Phi) is 2.81. The van der Waals surface area contributed by atoms with Crippen LogP contribution in [0, 0.1) is 0 Å². The number of nitrogens with two attached hydrogens (primary N) is 2. The van der Waals surface area contributed by atoms with Crippen molar-refractivity contribution in [2.75, 3.05) is 24.8 Å². The summed E-state index contributed by atoms with van der Waals surface area (Å²) >= 11 is 0. The van der Waals surface area contributed by atoms with Gasteiger partial charge in [0, 0.05) is 18.9 Å². The van der Waals surface area contributed by atoms with E-state index in [1.807, 2.05) is 6.92 Å². The van der Waals surface area contributed by atoms with Gasteiger partial charge in [0.05, 0.1) is 12.3 Å². The van der Waals surface area contributed by atoms with Gasteiger partial charge in [-0.2, -0.15) is 0 Å². The molecule has 84 valence electrons. The average Bonchev–Trinajstić information content (AvgIpc) is 2.57. The van der Waals surface area contributed by atoms with Crippen LogP contribution in [0.15, 0.2) is 0 Å². The number of ether oxygens (including phenoxy) is 1. The van der Waals surface area contributed by atoms with Gasteiger partial charge in [-0.1, -0.05) is 6.92 Å². The van der Waals surface area contributed by atoms with E-state index in [0.717, 1.165) is 37.4 Å². The molecule has 1 aliphatic rings. The van der Waals surface area contributed by atoms with E-state index in [4.69, 9.17) is 16.3 Å². The first-order valence-corrected chi connectivity index (χ1v) is 5.43. The topological polar surface area (TPSA) is 79.1 Å². The Morgan fingerprint density at radius 3 is 2.93 bits per heavy atom. The Bertz CT molecular complexity index is 341. The molecule has 0 spiro atoms. The normalized spacial score (nSPS) is 21.8. The number of hydrogen-bond donors (Lipinski definition) is 2. The van der Waals surface area contributed by atoms with Gasteiger partial charge in [0.15, 0.2) is 0 Å². The third-order valence-electron chi connectivity index (χ3n) is 2.91. The van der Waals surface area contributed by atoms with Crippen molar-refractivity contribution in [3.63, 3.8) is 0 Å². The van der Waals surface area contributed by atoms with Crippen LogP contribution in [-0.4, -0.2) is 22.9 Å². The van der Waals surface area contributed by atoms with Crippen molar-refractivity contribution >= 4 is 5.82 Å². The van der Waals surface area contributed by atoms with Crippen LogP contribution in [0.1, 0.15) is 37.2 Å². The zero-order valence-corrected chi connectivity index (χ0v) is 9.07. The van der Waals surface area contributed by atoms with E-state index >= 15 is 0 Å². The number of imidazole rings is 1. The van der Waals surface area contributed by atoms with Crippen LogP contribution in [0.3, 0.4) is 0 Å². The van der Waals surface area contributed by atoms with Crippen molar-refractivity contribution < 1.29 is 4.74 Å². The molecule has 1 unspecified atom stereocenters. The zero-order chi connectivity index (χ0) is 10.8. The fourth-order valence-corrected chi connectivity index (χ4v) is 2.02. The van der Waals surface area contributed by atoms with Gasteiger partial charge in [0.25, 0.3) is 0 Å². The van der Waals surface area contributed by atoms with Gasteiger partial charge in [-0.3, -0.25) is 0 Å². The van der Waals surface area contributed by atoms with Crippen LogP contribution in [0.2, 0.25) is 0 Å². The highest BCUT2D eigenvalue weighted by atomic mass is 16.5. The predicted molar refractivity (Wildman–Crippen MR) is 59.0 cm³/mol. The van der Waals surface area contributed by atoms with Crippen LogP contribution >= 0.6 is 0 Å². The third-order valence-corrected chi connectivity index (χ3v) is 2.91. The molecular formula is C10H18N4O. The van der Waals surface area contributed by atoms with Gasteiger partial charge in [-0.15, -0.1) is 0 Å². The molecular weight excluding hydrogens is 192 g/mol. The molecule has 1 atom stereocenters. The van der Waals surface area contributed by atoms with Crippen molar-refractivity contribution in [2.24, 2.45) is 0 Å². The maximum Gasteiger partial charge on any atom is 0.146 e. The van der Waals surface area contributed by atoms with Crippen LogP contribution < -0.4 is 11.6 Å². The highest BCUT2D eigenvalue weighted by molar-refractivity contribution is 5.41. The minimum Gasteiger partial charge on any atom is -0.382 e. The molecule has 1 saturated heterocycles. The molecule has 5 heteroatoms. The van der Waals surface area contributed by atoms with Crippen molar-refractivity contribution in [2.45, 2.75) is 32.1 Å². The average molecular weight is 210 g/mol. The van der Waals surface area contributed by atoms with E-state index in [0.29, 0.717) is 18.3 Å². The van der Waals surface area contributed by atoms with E-state index in [-0.39, 0.29) is 0 Å². The van der Waals surface area contributed by atoms with E-state index in [9.17, 15) is 0 Å². The number of aromatic nitrogens is 2. The Labute approximate surface area is 89.4 Å². The standard InChI is InChI=1S/C10H18N4O/c1-2-8-13-9(10(11)14(8)12)7-4-3-5-15-6-7/h7H,2-6,11-12H2,1H3. The lowest BCUT2D eigenvalue weighted by Crippen LogP contribution is -2.18. The summed E-state index contributed by atoms with van der Waals surface area (Å²) in [5, 5.41) is 0. The molecule has 0 aliphatic carbocycles. The molecule has 1 aromatic rings. The van der Waals surface area contributed by atoms with Crippen LogP contribution in [0.5, 0.6) is 0 Å². The first-order chi connectivity index (χ1) is 7.24. The molecule has 1 aromatic heterocycles. The maximum absolute atomic E-state index is 5.93. The summed E-state index contributed by atoms with van der Waals surface area (Å²) in [5.74, 6) is 7.55. The van der Waals surface area contributed by atoms with Crippen LogP contribution in [0.25, 0.3) is 0 Å². The molecule has 5 nitrogen and oxygen atoms in total. The van der Waals surface area contributed by atoms with Crippen LogP contribution in [-0.2, 0) is 11.2 Å². The molecule has 0 amide bonds. The van der Waals surface area contributed by atoms with E-state index in [1.165, 1.54) is 4.68 Å². The smallest absolute Gasteiger partial charge is 0.146 e. The summed E-state index contributed by atoms with van der Waals surface area (Å²) in [6, 6.07) is 0. The quantitative estimate of drug-likeness (QED) is 0.702. The van der Waals surface area contributed by atoms with Gasteiger partial charge >= 0.3 is 0 Å². The van der Waals surface area contributed by atoms with E-state index < -0.39 is 0 Å². The fraction of sp³-hybridized carbons (Fsp3) is 0.700. The highest BCUT2D eigenvalue weighted by Crippen LogP contribution is 2.28. The molecule has 0 aromatic carbocycles. The lowest BCUT2D eigenvalue weighted by atomic mass is 9.99. The second kappa shape index (κ2) is 4.10. The first-order valence-electron chi connectivity index (χ1n) is 5.43. The SMILES string of the molecule is CCc1nc(C2CCCOC2)c(N)n1N. The molecule has 1 fully saturated rings. The maximum atomic E-state index is 5.93. The number of aryl methyl sites for hydroxylation is 1. The Morgan fingerprint density at radius 1 is 1.60 bits per heavy atom. The molecule has 2 heterocycles. The first kappa shape index (κ1) is 10.3. The van der Waals surface area contributed by atoms with Gasteiger partial charge in [-0.05, 0) is 12.8 Å². The molecule has 0 saturated carbocycles. The fourth-order valence-electron chi connectivity index (χ4n) is 2.02. The molecule has 1 aliphatic heterocycles. The lowest BCUT2D eigenvalue weighted by Gasteiger charge is -2.20. The Hall–Kier alpha value is -1.23. The number of anilines is 1. The molecule has 15 heavy (non-hydrogen) atoms. The summed E-state index contributed by atoms with van der Waals surface area (Å²) in [4.78, 5) is 4.48. The van der Waals surface area contributed by atoms with E-state index in [1.54, 1.807) is 0 Å². The second-order valence-corrected chi connectivity index (χ2v) is 3.94. The molecule has 2 rings (SSSR count). The summed E-state index contributed by atoms with van der Waals surface area (Å²) < 4.78 is 6.92. The molecule has 0 radical (unpaired) electrons. The zero-order valence-electron chi connectivity index (χ0n) is 9.07. The number of nitrogens with zero attached hydrogens (tertiary/aromatic N) is 2. The summed E-state index contributed by atoms with van der Waals surface area (Å²) in [5.41, 5.74) is 6.84. The molecule has 4 N–H and O–H groups in total. The second-order valence-electron chi connectivity index (χ2n) is 3.94. The highest BCUT2D eigenvalue weighted by Gasteiger charge is 2.23. The number of nitrogen functional groups attached to an aromatic ring is 2. The predicted octanol–water partition coefficient (Wildman–Crippen LogP) is 0.636. The van der Waals surface area contributed by atoms with Crippen molar-refractivity contribution in [1.82, 2.24) is 9.66 Å². The minimum absolute atomic E-state index is 0.314. The van der Waals surface area contributed by atoms with Crippen molar-refractivity contribution in [3.05, 3.63) is 11.5 Å². The Balaban J connectivity index is 2.26. The van der Waals surface area contributed by atoms with Crippen molar-refractivity contribution in [1.29, 1.82) is 0 Å². The van der Waals surface area contributed by atoms with Gasteiger partial charge in [0.2, 0.25) is 0 Å². The summed E-state index contributed by atoms with van der Waals surface area (Å²) in [6.45, 7) is 3.58. The lowest BCUT2D eigenvalue weighted by molar-refractivity contribution is 0.0796. The van der Waals surface area contributed by atoms with Gasteiger partial charge in [-0.25, -0.2) is 9.66 Å². The monoisotopic (exact) mass is 210 g/mol. The van der Waals surface area contributed by atoms with E-state index in [2.05, 4.69) is 4.98 Å².